The largest absolute Gasteiger partial charge is 0.493 e. The molecule has 1 amide bonds. The van der Waals surface area contributed by atoms with E-state index in [2.05, 4.69) is 5.32 Å². The molecule has 1 N–H and O–H groups in total. The van der Waals surface area contributed by atoms with Crippen molar-refractivity contribution < 1.29 is 27.1 Å². The number of nitrogens with zero attached hydrogens (tertiary/aromatic N) is 2. The van der Waals surface area contributed by atoms with Crippen molar-refractivity contribution in [2.45, 2.75) is 11.8 Å². The minimum Gasteiger partial charge on any atom is -0.493 e. The zero-order chi connectivity index (χ0) is 25.6. The molecule has 0 aromatic heterocycles. The Morgan fingerprint density at radius 3 is 2.46 bits per heavy atom. The number of para-hydroxylation sites is 1. The van der Waals surface area contributed by atoms with Crippen molar-refractivity contribution in [1.29, 1.82) is 5.26 Å². The summed E-state index contributed by atoms with van der Waals surface area (Å²) in [5.41, 5.74) is -0.205. The normalized spacial score (nSPS) is 11.3. The van der Waals surface area contributed by atoms with Gasteiger partial charge in [-0.3, -0.25) is 14.9 Å². The third-order valence-electron chi connectivity index (χ3n) is 4.72. The minimum absolute atomic E-state index is 0.0464. The number of methoxy groups -OCH3 is 1. The highest BCUT2D eigenvalue weighted by Crippen LogP contribution is 2.35. The third-order valence-corrected chi connectivity index (χ3v) is 5.95. The van der Waals surface area contributed by atoms with E-state index in [-0.39, 0.29) is 33.3 Å². The summed E-state index contributed by atoms with van der Waals surface area (Å²) in [5.74, 6) is -1.12. The van der Waals surface area contributed by atoms with E-state index in [0.29, 0.717) is 5.56 Å². The van der Waals surface area contributed by atoms with Crippen LogP contribution < -0.4 is 14.2 Å². The quantitative estimate of drug-likeness (QED) is 0.161. The van der Waals surface area contributed by atoms with Crippen LogP contribution in [0.5, 0.6) is 11.5 Å². The van der Waals surface area contributed by atoms with Gasteiger partial charge in [-0.1, -0.05) is 36.4 Å². The number of carbonyl (C=O) groups excluding carboxylic acids is 1. The number of aryl methyl sites for hydroxylation is 1. The lowest BCUT2D eigenvalue weighted by Crippen LogP contribution is -2.15. The Hall–Kier alpha value is -4.69. The Bertz CT molecular complexity index is 1460. The lowest BCUT2D eigenvalue weighted by atomic mass is 10.1. The van der Waals surface area contributed by atoms with Crippen molar-refractivity contribution >= 4 is 33.5 Å². The Balaban J connectivity index is 2.01. The molecular formula is C24H19N3O7S. The summed E-state index contributed by atoms with van der Waals surface area (Å²) in [6, 6.07) is 17.7. The highest BCUT2D eigenvalue weighted by molar-refractivity contribution is 7.87. The highest BCUT2D eigenvalue weighted by Gasteiger charge is 2.23. The zero-order valence-electron chi connectivity index (χ0n) is 18.6. The smallest absolute Gasteiger partial charge is 0.339 e. The second-order valence-corrected chi connectivity index (χ2v) is 8.68. The zero-order valence-corrected chi connectivity index (χ0v) is 19.4. The minimum atomic E-state index is -4.27. The van der Waals surface area contributed by atoms with Crippen LogP contribution in [0, 0.1) is 28.4 Å². The molecule has 0 aliphatic carbocycles. The van der Waals surface area contributed by atoms with Gasteiger partial charge in [-0.2, -0.15) is 13.7 Å². The molecule has 0 saturated heterocycles. The first-order valence-electron chi connectivity index (χ1n) is 10.0. The van der Waals surface area contributed by atoms with Crippen molar-refractivity contribution in [2.75, 3.05) is 12.4 Å². The van der Waals surface area contributed by atoms with Gasteiger partial charge in [0.05, 0.1) is 12.0 Å². The average Bonchev–Trinajstić information content (AvgIpc) is 2.84. The Morgan fingerprint density at radius 1 is 1.11 bits per heavy atom. The summed E-state index contributed by atoms with van der Waals surface area (Å²) in [6.45, 7) is 1.66. The molecule has 0 aliphatic rings. The number of ether oxygens (including phenoxy) is 1. The number of anilines is 1. The van der Waals surface area contributed by atoms with Crippen LogP contribution in [-0.2, 0) is 14.9 Å². The third kappa shape index (κ3) is 5.82. The van der Waals surface area contributed by atoms with Crippen molar-refractivity contribution in [3.05, 3.63) is 93.5 Å². The summed E-state index contributed by atoms with van der Waals surface area (Å²) in [6.07, 6.45) is 1.10. The number of nitrogens with one attached hydrogen (secondary N) is 1. The van der Waals surface area contributed by atoms with Crippen LogP contribution in [0.2, 0.25) is 0 Å². The van der Waals surface area contributed by atoms with Crippen molar-refractivity contribution in [3.8, 4) is 17.6 Å². The van der Waals surface area contributed by atoms with E-state index in [1.807, 2.05) is 0 Å². The van der Waals surface area contributed by atoms with Gasteiger partial charge in [0.2, 0.25) is 0 Å². The van der Waals surface area contributed by atoms with Gasteiger partial charge in [0.15, 0.2) is 11.5 Å². The first-order valence-corrected chi connectivity index (χ1v) is 11.4. The molecule has 0 heterocycles. The predicted octanol–water partition coefficient (Wildman–Crippen LogP) is 4.23. The molecule has 0 unspecified atom stereocenters. The lowest BCUT2D eigenvalue weighted by Gasteiger charge is -2.13. The van der Waals surface area contributed by atoms with Crippen LogP contribution in [0.25, 0.3) is 6.08 Å². The van der Waals surface area contributed by atoms with Gasteiger partial charge >= 0.3 is 10.1 Å². The number of rotatable bonds is 8. The van der Waals surface area contributed by atoms with Crippen LogP contribution in [0.15, 0.2) is 77.2 Å². The number of hydrogen-bond acceptors (Lipinski definition) is 8. The van der Waals surface area contributed by atoms with Gasteiger partial charge in [-0.15, -0.1) is 0 Å². The van der Waals surface area contributed by atoms with Crippen LogP contribution in [-0.4, -0.2) is 26.4 Å². The maximum Gasteiger partial charge on any atom is 0.339 e. The van der Waals surface area contributed by atoms with E-state index >= 15 is 0 Å². The summed E-state index contributed by atoms with van der Waals surface area (Å²) in [5, 5.41) is 23.3. The molecule has 0 bridgehead atoms. The first kappa shape index (κ1) is 24.9. The number of amides is 1. The molecule has 3 rings (SSSR count). The summed E-state index contributed by atoms with van der Waals surface area (Å²) >= 11 is 0. The van der Waals surface area contributed by atoms with Crippen LogP contribution >= 0.6 is 0 Å². The van der Waals surface area contributed by atoms with Gasteiger partial charge < -0.3 is 14.2 Å². The van der Waals surface area contributed by atoms with E-state index in [0.717, 1.165) is 6.08 Å². The van der Waals surface area contributed by atoms with Gasteiger partial charge in [0, 0.05) is 11.6 Å². The number of nitro benzene ring substituents is 1. The number of nitro groups is 1. The second kappa shape index (κ2) is 10.5. The van der Waals surface area contributed by atoms with Gasteiger partial charge in [0.1, 0.15) is 22.2 Å². The molecule has 35 heavy (non-hydrogen) atoms. The van der Waals surface area contributed by atoms with Gasteiger partial charge in [-0.25, -0.2) is 0 Å². The highest BCUT2D eigenvalue weighted by atomic mass is 32.2. The van der Waals surface area contributed by atoms with Crippen molar-refractivity contribution in [2.24, 2.45) is 0 Å². The maximum atomic E-state index is 12.8. The molecule has 0 saturated carbocycles. The molecule has 3 aromatic rings. The predicted molar refractivity (Wildman–Crippen MR) is 127 cm³/mol. The lowest BCUT2D eigenvalue weighted by molar-refractivity contribution is -0.384. The fraction of sp³-hybridized carbons (Fsp3) is 0.0833. The van der Waals surface area contributed by atoms with E-state index in [4.69, 9.17) is 8.92 Å². The first-order chi connectivity index (χ1) is 16.7. The number of nitriles is 1. The van der Waals surface area contributed by atoms with E-state index in [1.165, 1.54) is 61.7 Å². The fourth-order valence-electron chi connectivity index (χ4n) is 3.03. The summed E-state index contributed by atoms with van der Waals surface area (Å²) < 4.78 is 36.1. The van der Waals surface area contributed by atoms with Crippen LogP contribution in [0.4, 0.5) is 11.4 Å². The second-order valence-electron chi connectivity index (χ2n) is 7.13. The maximum absolute atomic E-state index is 12.8. The number of hydrogen-bond donors (Lipinski definition) is 1. The molecule has 0 radical (unpaired) electrons. The molecule has 3 aromatic carbocycles. The van der Waals surface area contributed by atoms with Crippen LogP contribution in [0.1, 0.15) is 11.1 Å². The number of benzene rings is 3. The van der Waals surface area contributed by atoms with Gasteiger partial charge in [0.25, 0.3) is 11.6 Å². The molecular weight excluding hydrogens is 474 g/mol. The molecule has 0 aliphatic heterocycles. The van der Waals surface area contributed by atoms with E-state index in [1.54, 1.807) is 25.1 Å². The standard InChI is InChI=1S/C24H19N3O7S/c1-16-11-12-20(21(13-16)27(29)30)26-24(28)18(15-25)14-17-7-6-10-22(33-2)23(17)34-35(31,32)19-8-4-3-5-9-19/h3-14H,1-2H3,(H,26,28)/b18-14+. The topological polar surface area (TPSA) is 149 Å². The summed E-state index contributed by atoms with van der Waals surface area (Å²) in [4.78, 5) is 23.3. The Kier molecular flexibility index (Phi) is 7.48. The van der Waals surface area contributed by atoms with Crippen molar-refractivity contribution in [1.82, 2.24) is 0 Å². The molecule has 0 fully saturated rings. The SMILES string of the molecule is COc1cccc(/C=C(\C#N)C(=O)Nc2ccc(C)cc2[N+](=O)[O-])c1OS(=O)(=O)c1ccccc1. The molecule has 10 nitrogen and oxygen atoms in total. The molecule has 11 heteroatoms. The Labute approximate surface area is 201 Å². The van der Waals surface area contributed by atoms with Crippen molar-refractivity contribution in [3.63, 3.8) is 0 Å². The van der Waals surface area contributed by atoms with Gasteiger partial charge in [-0.05, 0) is 42.8 Å². The summed E-state index contributed by atoms with van der Waals surface area (Å²) in [7, 11) is -2.96. The van der Waals surface area contributed by atoms with Crippen LogP contribution in [0.3, 0.4) is 0 Å². The number of carbonyl (C=O) groups is 1. The monoisotopic (exact) mass is 493 g/mol. The average molecular weight is 493 g/mol. The van der Waals surface area contributed by atoms with E-state index < -0.39 is 26.5 Å². The molecule has 0 spiro atoms. The molecule has 0 atom stereocenters. The van der Waals surface area contributed by atoms with E-state index in [9.17, 15) is 28.6 Å². The molecule has 178 valence electrons. The fourth-order valence-corrected chi connectivity index (χ4v) is 4.02. The Morgan fingerprint density at radius 2 is 1.83 bits per heavy atom.